The third-order valence-corrected chi connectivity index (χ3v) is 15.5. The van der Waals surface area contributed by atoms with Gasteiger partial charge in [0.1, 0.15) is 0 Å². The lowest BCUT2D eigenvalue weighted by Gasteiger charge is -2.43. The van der Waals surface area contributed by atoms with Gasteiger partial charge in [-0.05, 0) is 57.8 Å². The number of rotatable bonds is 34. The maximum atomic E-state index is 13.9. The van der Waals surface area contributed by atoms with Gasteiger partial charge in [0, 0.05) is 92.3 Å². The van der Waals surface area contributed by atoms with E-state index in [0.29, 0.717) is 103 Å². The molecule has 2 rings (SSSR count). The van der Waals surface area contributed by atoms with Crippen LogP contribution in [0.3, 0.4) is 0 Å². The van der Waals surface area contributed by atoms with E-state index in [2.05, 4.69) is 64.0 Å². The van der Waals surface area contributed by atoms with E-state index in [0.717, 1.165) is 80.6 Å². The SMILES string of the molecule is C[Si]CCCNC(=O)N(CCCCCCN=C=O)C(=O)NCCCCCCN(C(=O)NCCCCCCN1C(=O)N(CCC[Si](C)(C)C)C(=O)[N+]2(CCCC2N=C=O)C1=O)C(=O)NCCC[Si]C. The molecule has 0 aromatic rings. The van der Waals surface area contributed by atoms with E-state index in [1.807, 2.05) is 0 Å². The highest BCUT2D eigenvalue weighted by molar-refractivity contribution is 6.76. The Kier molecular flexibility index (Phi) is 29.7. The summed E-state index contributed by atoms with van der Waals surface area (Å²) in [5.74, 6) is 0. The Morgan fingerprint density at radius 2 is 1.07 bits per heavy atom. The number of aliphatic imine (C=N–C) groups is 2. The van der Waals surface area contributed by atoms with Crippen molar-refractivity contribution in [1.29, 1.82) is 0 Å². The molecule has 2 aliphatic rings. The lowest BCUT2D eigenvalue weighted by molar-refractivity contribution is -0.789. The molecule has 23 heteroatoms. The first kappa shape index (κ1) is 59.6. The number of urea groups is 7. The molecule has 14 amide bonds. The normalized spacial score (nSPS) is 16.8. The largest absolute Gasteiger partial charge is 0.438 e. The zero-order valence-electron chi connectivity index (χ0n) is 41.6. The summed E-state index contributed by atoms with van der Waals surface area (Å²) in [7, 11) is 0.0951. The number of hydrogen-bond donors (Lipinski definition) is 4. The van der Waals surface area contributed by atoms with Crippen LogP contribution in [-0.2, 0) is 9.59 Å². The first-order chi connectivity index (χ1) is 32.7. The second-order valence-electron chi connectivity index (χ2n) is 18.6. The summed E-state index contributed by atoms with van der Waals surface area (Å²) in [5, 5.41) is 11.5. The Bertz CT molecular complexity index is 1710. The van der Waals surface area contributed by atoms with Gasteiger partial charge in [0.15, 0.2) is 0 Å². The van der Waals surface area contributed by atoms with Crippen LogP contribution in [0.15, 0.2) is 9.98 Å². The van der Waals surface area contributed by atoms with Crippen molar-refractivity contribution in [3.8, 4) is 0 Å². The number of nitrogens with one attached hydrogen (secondary N) is 4. The maximum absolute atomic E-state index is 13.9. The van der Waals surface area contributed by atoms with Crippen molar-refractivity contribution < 1.29 is 47.6 Å². The number of amides is 14. The van der Waals surface area contributed by atoms with Crippen LogP contribution in [0.25, 0.3) is 0 Å². The molecule has 4 N–H and O–H groups in total. The number of unbranched alkanes of at least 4 members (excludes halogenated alkanes) is 9. The molecule has 2 fully saturated rings. The highest BCUT2D eigenvalue weighted by Gasteiger charge is 2.64. The van der Waals surface area contributed by atoms with Crippen molar-refractivity contribution >= 4 is 81.5 Å². The number of imide groups is 5. The van der Waals surface area contributed by atoms with Crippen molar-refractivity contribution in [2.75, 3.05) is 65.4 Å². The van der Waals surface area contributed by atoms with Crippen molar-refractivity contribution in [3.63, 3.8) is 0 Å². The molecule has 0 bridgehead atoms. The molecule has 2 saturated heterocycles. The van der Waals surface area contributed by atoms with Gasteiger partial charge in [0.05, 0.1) is 13.1 Å². The Morgan fingerprint density at radius 1 is 0.632 bits per heavy atom. The number of isocyanates is 2. The van der Waals surface area contributed by atoms with Gasteiger partial charge in [-0.2, -0.15) is 0 Å². The van der Waals surface area contributed by atoms with Gasteiger partial charge in [0.25, 0.3) is 0 Å². The molecule has 0 saturated carbocycles. The zero-order valence-corrected chi connectivity index (χ0v) is 44.6. The fourth-order valence-corrected chi connectivity index (χ4v) is 10.5. The molecular formula is C45H80N11O9Si3+. The summed E-state index contributed by atoms with van der Waals surface area (Å²) < 4.78 is -0.689. The minimum absolute atomic E-state index is 0.107. The van der Waals surface area contributed by atoms with Gasteiger partial charge in [-0.15, -0.1) is 9.48 Å². The van der Waals surface area contributed by atoms with Crippen LogP contribution in [-0.4, -0.2) is 177 Å². The number of carbonyl (C=O) groups excluding carboxylic acids is 9. The maximum Gasteiger partial charge on any atom is 0.438 e. The second-order valence-corrected chi connectivity index (χ2v) is 26.6. The van der Waals surface area contributed by atoms with E-state index in [4.69, 9.17) is 0 Å². The van der Waals surface area contributed by atoms with Crippen LogP contribution in [0.5, 0.6) is 0 Å². The van der Waals surface area contributed by atoms with Gasteiger partial charge in [-0.1, -0.05) is 89.4 Å². The van der Waals surface area contributed by atoms with Crippen molar-refractivity contribution in [3.05, 3.63) is 0 Å². The van der Waals surface area contributed by atoms with Crippen LogP contribution < -0.4 is 21.3 Å². The Labute approximate surface area is 410 Å². The smallest absolute Gasteiger partial charge is 0.338 e. The van der Waals surface area contributed by atoms with Gasteiger partial charge in [0.2, 0.25) is 18.3 Å². The number of nitrogens with zero attached hydrogens (tertiary/aromatic N) is 7. The lowest BCUT2D eigenvalue weighted by Crippen LogP contribution is -2.74. The molecular weight excluding hydrogens is 923 g/mol. The topological polar surface area (TPSA) is 239 Å². The Hall–Kier alpha value is -4.54. The molecule has 2 atom stereocenters. The van der Waals surface area contributed by atoms with Crippen molar-refractivity contribution in [2.24, 2.45) is 9.98 Å². The fraction of sp³-hybridized carbons (Fsp3) is 0.800. The third kappa shape index (κ3) is 21.0. The summed E-state index contributed by atoms with van der Waals surface area (Å²) in [6, 6.07) is -0.819. The summed E-state index contributed by atoms with van der Waals surface area (Å²) in [4.78, 5) is 128. The molecule has 2 unspecified atom stereocenters. The van der Waals surface area contributed by atoms with E-state index in [1.54, 1.807) is 0 Å². The third-order valence-electron chi connectivity index (χ3n) is 12.0. The monoisotopic (exact) mass is 1000 g/mol. The molecule has 0 aliphatic carbocycles. The minimum Gasteiger partial charge on any atom is -0.338 e. The van der Waals surface area contributed by atoms with Crippen molar-refractivity contribution in [2.45, 2.75) is 166 Å². The average Bonchev–Trinajstić information content (AvgIpc) is 3.73. The molecule has 1 spiro atoms. The standard InChI is InChI=1S/C45H79N11O9Si3/c1-66-33-19-26-49-41(61)52(28-15-9-6-12-23-46-36-57)39(59)47-24-13-7-10-16-29-53(42(62)50-27-20-34-67-2)40(60)48-25-14-8-11-17-30-54-43(63)55(31-21-35-68(3,4)5)45(65)56(44(54)64)32-18-22-38(56)51-37-58/h38H,6-35H2,1-5H3,(H3-,47,48,49,50,59,60,61,62)/p+1. The predicted octanol–water partition coefficient (Wildman–Crippen LogP) is 7.55. The highest BCUT2D eigenvalue weighted by atomic mass is 28.3. The van der Waals surface area contributed by atoms with Gasteiger partial charge < -0.3 is 21.3 Å². The molecule has 20 nitrogen and oxygen atoms in total. The van der Waals surface area contributed by atoms with Crippen molar-refractivity contribution in [1.82, 2.24) is 40.9 Å². The van der Waals surface area contributed by atoms with E-state index >= 15 is 0 Å². The Morgan fingerprint density at radius 3 is 1.53 bits per heavy atom. The summed E-state index contributed by atoms with van der Waals surface area (Å²) in [6.45, 7) is 13.9. The van der Waals surface area contributed by atoms with Crippen LogP contribution in [0.1, 0.15) is 109 Å². The van der Waals surface area contributed by atoms with Crippen LogP contribution >= 0.6 is 0 Å². The minimum atomic E-state index is -1.46. The van der Waals surface area contributed by atoms with E-state index in [9.17, 15) is 43.2 Å². The molecule has 2 heterocycles. The van der Waals surface area contributed by atoms with Crippen LogP contribution in [0.2, 0.25) is 50.9 Å². The van der Waals surface area contributed by atoms with Gasteiger partial charge >= 0.3 is 42.2 Å². The number of quaternary nitrogens is 1. The average molecular weight is 1000 g/mol. The lowest BCUT2D eigenvalue weighted by atomic mass is 10.2. The van der Waals surface area contributed by atoms with Crippen LogP contribution in [0, 0.1) is 0 Å². The van der Waals surface area contributed by atoms with Crippen LogP contribution in [0.4, 0.5) is 33.6 Å². The van der Waals surface area contributed by atoms with Gasteiger partial charge in [-0.25, -0.2) is 67.7 Å². The molecule has 380 valence electrons. The first-order valence-corrected chi connectivity index (χ1v) is 31.9. The molecule has 0 aromatic heterocycles. The summed E-state index contributed by atoms with van der Waals surface area (Å²) in [6.07, 6.45) is 13.4. The first-order valence-electron chi connectivity index (χ1n) is 24.8. The number of carbonyl (C=O) groups is 7. The molecule has 4 radical (unpaired) electrons. The van der Waals surface area contributed by atoms with E-state index in [-0.39, 0.29) is 32.7 Å². The highest BCUT2D eigenvalue weighted by Crippen LogP contribution is 2.36. The summed E-state index contributed by atoms with van der Waals surface area (Å²) in [5.41, 5.74) is 0. The second kappa shape index (κ2) is 33.9. The predicted molar refractivity (Wildman–Crippen MR) is 266 cm³/mol. The van der Waals surface area contributed by atoms with Gasteiger partial charge in [-0.3, -0.25) is 0 Å². The summed E-state index contributed by atoms with van der Waals surface area (Å²) >= 11 is 0. The molecule has 0 aromatic carbocycles. The molecule has 68 heavy (non-hydrogen) atoms. The fourth-order valence-electron chi connectivity index (χ4n) is 8.18. The molecule has 2 aliphatic heterocycles. The van der Waals surface area contributed by atoms with E-state index in [1.165, 1.54) is 26.9 Å². The Balaban J connectivity index is 1.87. The van der Waals surface area contributed by atoms with E-state index < -0.39 is 60.9 Å². The number of hydrogen-bond acceptors (Lipinski definition) is 11. The zero-order chi connectivity index (χ0) is 50.2. The quantitative estimate of drug-likeness (QED) is 0.0163.